The van der Waals surface area contributed by atoms with Crippen molar-refractivity contribution in [3.8, 4) is 0 Å². The number of alkyl halides is 3. The number of nitrogens with one attached hydrogen (secondary N) is 1. The molecule has 0 fully saturated rings. The fourth-order valence-corrected chi connectivity index (χ4v) is 0.910. The van der Waals surface area contributed by atoms with E-state index >= 15 is 0 Å². The van der Waals surface area contributed by atoms with E-state index in [1.807, 2.05) is 13.8 Å². The van der Waals surface area contributed by atoms with Crippen LogP contribution in [-0.4, -0.2) is 30.5 Å². The van der Waals surface area contributed by atoms with Crippen LogP contribution in [0.3, 0.4) is 0 Å². The molecule has 2 N–H and O–H groups in total. The fourth-order valence-electron chi connectivity index (χ4n) is 0.910. The summed E-state index contributed by atoms with van der Waals surface area (Å²) in [6.45, 7) is 3.44. The van der Waals surface area contributed by atoms with Crippen molar-refractivity contribution in [1.82, 2.24) is 5.32 Å². The van der Waals surface area contributed by atoms with Gasteiger partial charge in [0.05, 0.1) is 13.0 Å². The van der Waals surface area contributed by atoms with Gasteiger partial charge in [0.15, 0.2) is 0 Å². The van der Waals surface area contributed by atoms with Crippen molar-refractivity contribution in [3.63, 3.8) is 0 Å². The Bertz CT molecular complexity index is 136. The zero-order valence-corrected chi connectivity index (χ0v) is 7.86. The Balaban J connectivity index is 3.62. The molecule has 0 rings (SSSR count). The van der Waals surface area contributed by atoms with E-state index in [-0.39, 0.29) is 25.1 Å². The van der Waals surface area contributed by atoms with Crippen molar-refractivity contribution in [3.05, 3.63) is 0 Å². The largest absolute Gasteiger partial charge is 0.395 e. The lowest BCUT2D eigenvalue weighted by atomic mass is 10.1. The molecule has 2 nitrogen and oxygen atoms in total. The third-order valence-corrected chi connectivity index (χ3v) is 1.82. The Morgan fingerprint density at radius 3 is 2.15 bits per heavy atom. The van der Waals surface area contributed by atoms with Crippen molar-refractivity contribution in [2.75, 3.05) is 13.2 Å². The van der Waals surface area contributed by atoms with Crippen molar-refractivity contribution in [1.29, 1.82) is 0 Å². The highest BCUT2D eigenvalue weighted by molar-refractivity contribution is 4.69. The minimum absolute atomic E-state index is 0.129. The van der Waals surface area contributed by atoms with Gasteiger partial charge in [-0.1, -0.05) is 13.8 Å². The molecule has 0 saturated carbocycles. The van der Waals surface area contributed by atoms with E-state index in [0.717, 1.165) is 0 Å². The Hall–Kier alpha value is -0.290. The van der Waals surface area contributed by atoms with E-state index in [1.54, 1.807) is 0 Å². The van der Waals surface area contributed by atoms with Gasteiger partial charge < -0.3 is 10.4 Å². The molecular formula is C8H16F3NO. The van der Waals surface area contributed by atoms with Crippen LogP contribution < -0.4 is 5.32 Å². The number of hydrogen-bond donors (Lipinski definition) is 2. The van der Waals surface area contributed by atoms with Crippen LogP contribution in [0.25, 0.3) is 0 Å². The zero-order valence-electron chi connectivity index (χ0n) is 7.86. The molecule has 0 aliphatic heterocycles. The first-order valence-corrected chi connectivity index (χ1v) is 4.28. The molecule has 5 heteroatoms. The van der Waals surface area contributed by atoms with Gasteiger partial charge in [-0.2, -0.15) is 13.2 Å². The molecule has 80 valence electrons. The summed E-state index contributed by atoms with van der Waals surface area (Å²) in [5, 5.41) is 11.4. The molecule has 13 heavy (non-hydrogen) atoms. The molecule has 0 saturated heterocycles. The summed E-state index contributed by atoms with van der Waals surface area (Å²) in [5.41, 5.74) is 0. The van der Waals surface area contributed by atoms with Gasteiger partial charge in [-0.05, 0) is 5.92 Å². The van der Waals surface area contributed by atoms with Gasteiger partial charge in [0.2, 0.25) is 0 Å². The van der Waals surface area contributed by atoms with Crippen LogP contribution in [0.5, 0.6) is 0 Å². The van der Waals surface area contributed by atoms with Crippen molar-refractivity contribution in [2.45, 2.75) is 32.5 Å². The number of aliphatic hydroxyl groups excluding tert-OH is 1. The number of halogens is 3. The van der Waals surface area contributed by atoms with E-state index in [4.69, 9.17) is 5.11 Å². The zero-order chi connectivity index (χ0) is 10.5. The quantitative estimate of drug-likeness (QED) is 0.704. The van der Waals surface area contributed by atoms with Gasteiger partial charge in [0, 0.05) is 12.6 Å². The van der Waals surface area contributed by atoms with Crippen molar-refractivity contribution in [2.24, 2.45) is 5.92 Å². The van der Waals surface area contributed by atoms with E-state index in [0.29, 0.717) is 0 Å². The van der Waals surface area contributed by atoms with E-state index in [9.17, 15) is 13.2 Å². The van der Waals surface area contributed by atoms with Crippen LogP contribution in [-0.2, 0) is 0 Å². The van der Waals surface area contributed by atoms with Crippen LogP contribution in [0.4, 0.5) is 13.2 Å². The topological polar surface area (TPSA) is 32.3 Å². The maximum atomic E-state index is 11.7. The monoisotopic (exact) mass is 199 g/mol. The van der Waals surface area contributed by atoms with E-state index < -0.39 is 12.6 Å². The van der Waals surface area contributed by atoms with Gasteiger partial charge in [-0.3, -0.25) is 0 Å². The van der Waals surface area contributed by atoms with Crippen LogP contribution in [0.15, 0.2) is 0 Å². The molecule has 0 heterocycles. The maximum absolute atomic E-state index is 11.7. The summed E-state index contributed by atoms with van der Waals surface area (Å²) in [6.07, 6.45) is -4.97. The first-order valence-electron chi connectivity index (χ1n) is 4.28. The summed E-state index contributed by atoms with van der Waals surface area (Å²) in [5.74, 6) is 0.137. The second-order valence-electron chi connectivity index (χ2n) is 3.35. The van der Waals surface area contributed by atoms with Gasteiger partial charge in [-0.25, -0.2) is 0 Å². The summed E-state index contributed by atoms with van der Waals surface area (Å²) in [6, 6.07) is -0.248. The molecular weight excluding hydrogens is 183 g/mol. The Kier molecular flexibility index (Phi) is 5.32. The normalized spacial score (nSPS) is 15.0. The van der Waals surface area contributed by atoms with Crippen LogP contribution in [0, 0.1) is 5.92 Å². The van der Waals surface area contributed by atoms with Crippen molar-refractivity contribution >= 4 is 0 Å². The van der Waals surface area contributed by atoms with Gasteiger partial charge in [0.1, 0.15) is 0 Å². The molecule has 0 aliphatic carbocycles. The lowest BCUT2D eigenvalue weighted by Gasteiger charge is -2.20. The molecule has 0 aromatic rings. The van der Waals surface area contributed by atoms with Crippen LogP contribution in [0.2, 0.25) is 0 Å². The summed E-state index contributed by atoms with van der Waals surface area (Å²) < 4.78 is 35.1. The third-order valence-electron chi connectivity index (χ3n) is 1.82. The molecule has 0 amide bonds. The average Bonchev–Trinajstić information content (AvgIpc) is 1.95. The number of rotatable bonds is 5. The Morgan fingerprint density at radius 2 is 1.85 bits per heavy atom. The Labute approximate surface area is 76.1 Å². The van der Waals surface area contributed by atoms with Crippen molar-refractivity contribution < 1.29 is 18.3 Å². The predicted molar refractivity (Wildman–Crippen MR) is 44.4 cm³/mol. The number of aliphatic hydroxyl groups is 1. The summed E-state index contributed by atoms with van der Waals surface area (Å²) >= 11 is 0. The molecule has 0 aromatic heterocycles. The first-order chi connectivity index (χ1) is 5.87. The molecule has 0 radical (unpaired) electrons. The molecule has 0 aromatic carbocycles. The van der Waals surface area contributed by atoms with Gasteiger partial charge >= 0.3 is 6.18 Å². The fraction of sp³-hybridized carbons (Fsp3) is 1.00. The average molecular weight is 199 g/mol. The lowest BCUT2D eigenvalue weighted by Crippen LogP contribution is -2.38. The predicted octanol–water partition coefficient (Wildman–Crippen LogP) is 1.55. The molecule has 0 aliphatic rings. The number of hydrogen-bond acceptors (Lipinski definition) is 2. The summed E-state index contributed by atoms with van der Waals surface area (Å²) in [4.78, 5) is 0. The standard InChI is InChI=1S/C8H16F3NO/c1-6(2)7(5-13)12-4-3-8(9,10)11/h6-7,12-13H,3-5H2,1-2H3/t7-/m1/s1. The smallest absolute Gasteiger partial charge is 0.390 e. The van der Waals surface area contributed by atoms with Gasteiger partial charge in [-0.15, -0.1) is 0 Å². The molecule has 0 bridgehead atoms. The molecule has 0 spiro atoms. The molecule has 1 atom stereocenters. The maximum Gasteiger partial charge on any atom is 0.390 e. The second-order valence-corrected chi connectivity index (χ2v) is 3.35. The van der Waals surface area contributed by atoms with E-state index in [2.05, 4.69) is 5.32 Å². The van der Waals surface area contributed by atoms with E-state index in [1.165, 1.54) is 0 Å². The second kappa shape index (κ2) is 5.44. The van der Waals surface area contributed by atoms with Crippen LogP contribution in [0.1, 0.15) is 20.3 Å². The minimum Gasteiger partial charge on any atom is -0.395 e. The Morgan fingerprint density at radius 1 is 1.31 bits per heavy atom. The highest BCUT2D eigenvalue weighted by Crippen LogP contribution is 2.18. The first kappa shape index (κ1) is 12.7. The summed E-state index contributed by atoms with van der Waals surface area (Å²) in [7, 11) is 0. The van der Waals surface area contributed by atoms with Gasteiger partial charge in [0.25, 0.3) is 0 Å². The highest BCUT2D eigenvalue weighted by atomic mass is 19.4. The third kappa shape index (κ3) is 6.83. The highest BCUT2D eigenvalue weighted by Gasteiger charge is 2.26. The SMILES string of the molecule is CC(C)[C@@H](CO)NCCC(F)(F)F. The minimum atomic E-state index is -4.12. The molecule has 0 unspecified atom stereocenters. The lowest BCUT2D eigenvalue weighted by molar-refractivity contribution is -0.133. The van der Waals surface area contributed by atoms with Crippen LogP contribution >= 0.6 is 0 Å².